The molecule has 1 aliphatic rings. The smallest absolute Gasteiger partial charge is 0.461 e. The molecule has 0 bridgehead atoms. The van der Waals surface area contributed by atoms with E-state index in [1.807, 2.05) is 18.2 Å². The second-order valence-corrected chi connectivity index (χ2v) is 18.5. The van der Waals surface area contributed by atoms with E-state index in [0.29, 0.717) is 44.1 Å². The summed E-state index contributed by atoms with van der Waals surface area (Å²) in [5.74, 6) is -0.286. The molecule has 0 spiro atoms. The predicted molar refractivity (Wildman–Crippen MR) is 268 cm³/mol. The van der Waals surface area contributed by atoms with Crippen molar-refractivity contribution in [2.75, 3.05) is 39.5 Å². The van der Waals surface area contributed by atoms with Crippen LogP contribution in [0.1, 0.15) is 224 Å². The number of carbonyl (C=O) groups is 3. The van der Waals surface area contributed by atoms with Gasteiger partial charge in [0.05, 0.1) is 13.0 Å². The molecule has 10 heteroatoms. The van der Waals surface area contributed by atoms with Gasteiger partial charge in [-0.3, -0.25) is 9.59 Å². The first-order valence-electron chi connectivity index (χ1n) is 26.8. The van der Waals surface area contributed by atoms with E-state index in [9.17, 15) is 14.4 Å². The number of carbonyl (C=O) groups excluding carboxylic acids is 3. The standard InChI is InChI=1S/C56H95NO9/c1-5-9-12-15-18-19-20-21-22-23-24-25-26-27-30-35-53(58)63-46-50-41-51(43-52(42-50)48-66-56(60)65-45-49-34-33-38-57(8-4)44-49)47-64-54(59)36-37-55(61-39-31-28-16-13-10-6-2)62-40-32-29-17-14-11-7-3/h18-19,21-22,41-43,49,55H,5-17,20,23-40,44-48H2,1-4H3/b19-18-,22-21-. The lowest BCUT2D eigenvalue weighted by atomic mass is 9.99. The normalized spacial score (nSPS) is 14.4. The van der Waals surface area contributed by atoms with Crippen molar-refractivity contribution in [2.45, 2.75) is 234 Å². The van der Waals surface area contributed by atoms with Gasteiger partial charge >= 0.3 is 18.1 Å². The van der Waals surface area contributed by atoms with Crippen LogP contribution in [-0.4, -0.2) is 68.7 Å². The summed E-state index contributed by atoms with van der Waals surface area (Å²) < 4.78 is 34.8. The van der Waals surface area contributed by atoms with E-state index >= 15 is 0 Å². The van der Waals surface area contributed by atoms with E-state index in [4.69, 9.17) is 28.4 Å². The first kappa shape index (κ1) is 58.9. The maximum absolute atomic E-state index is 13.1. The van der Waals surface area contributed by atoms with Gasteiger partial charge in [0.1, 0.15) is 19.8 Å². The minimum Gasteiger partial charge on any atom is -0.461 e. The highest BCUT2D eigenvalue weighted by Crippen LogP contribution is 2.19. The molecule has 1 saturated heterocycles. The van der Waals surface area contributed by atoms with Crippen molar-refractivity contribution < 1.29 is 42.8 Å². The average Bonchev–Trinajstić information content (AvgIpc) is 3.33. The molecule has 1 atom stereocenters. The van der Waals surface area contributed by atoms with E-state index in [0.717, 1.165) is 114 Å². The zero-order valence-corrected chi connectivity index (χ0v) is 42.5. The number of allylic oxidation sites excluding steroid dienone is 4. The molecule has 0 N–H and O–H groups in total. The van der Waals surface area contributed by atoms with Crippen LogP contribution in [0.2, 0.25) is 0 Å². The van der Waals surface area contributed by atoms with Gasteiger partial charge in [-0.25, -0.2) is 4.79 Å². The summed E-state index contributed by atoms with van der Waals surface area (Å²) in [7, 11) is 0. The molecule has 378 valence electrons. The summed E-state index contributed by atoms with van der Waals surface area (Å²) in [6.45, 7) is 13.5. The van der Waals surface area contributed by atoms with E-state index < -0.39 is 12.4 Å². The lowest BCUT2D eigenvalue weighted by Crippen LogP contribution is -2.37. The summed E-state index contributed by atoms with van der Waals surface area (Å²) >= 11 is 0. The Morgan fingerprint density at radius 3 is 1.64 bits per heavy atom. The van der Waals surface area contributed by atoms with Crippen molar-refractivity contribution in [2.24, 2.45) is 5.92 Å². The SMILES string of the molecule is CCCCC/C=C\C/C=C\CCCCCCCC(=O)OCc1cc(COC(=O)CCC(OCCCCCCCC)OCCCCCCCC)cc(COC(=O)OCC2CCCN(CC)C2)c1. The number of unbranched alkanes of at least 4 members (excludes halogenated alkanes) is 18. The third-order valence-corrected chi connectivity index (χ3v) is 12.3. The summed E-state index contributed by atoms with van der Waals surface area (Å²) in [6.07, 6.45) is 37.5. The van der Waals surface area contributed by atoms with Crippen molar-refractivity contribution in [3.05, 3.63) is 59.2 Å². The number of piperidine rings is 1. The number of likely N-dealkylation sites (tertiary alicyclic amines) is 1. The molecule has 0 amide bonds. The molecule has 2 rings (SSSR count). The van der Waals surface area contributed by atoms with Crippen LogP contribution in [0.25, 0.3) is 0 Å². The zero-order chi connectivity index (χ0) is 47.6. The summed E-state index contributed by atoms with van der Waals surface area (Å²) in [5, 5.41) is 0. The molecule has 0 radical (unpaired) electrons. The van der Waals surface area contributed by atoms with Crippen LogP contribution in [0.4, 0.5) is 4.79 Å². The Labute approximate surface area is 402 Å². The van der Waals surface area contributed by atoms with E-state index in [-0.39, 0.29) is 38.2 Å². The predicted octanol–water partition coefficient (Wildman–Crippen LogP) is 14.8. The first-order valence-corrected chi connectivity index (χ1v) is 26.8. The maximum atomic E-state index is 13.1. The van der Waals surface area contributed by atoms with E-state index in [1.54, 1.807) is 0 Å². The van der Waals surface area contributed by atoms with Crippen molar-refractivity contribution >= 4 is 18.1 Å². The Morgan fingerprint density at radius 1 is 0.576 bits per heavy atom. The second kappa shape index (κ2) is 41.9. The van der Waals surface area contributed by atoms with Crippen LogP contribution in [0, 0.1) is 5.92 Å². The molecule has 66 heavy (non-hydrogen) atoms. The number of hydrogen-bond donors (Lipinski definition) is 0. The average molecular weight is 926 g/mol. The van der Waals surface area contributed by atoms with Gasteiger partial charge in [-0.2, -0.15) is 0 Å². The summed E-state index contributed by atoms with van der Waals surface area (Å²) in [4.78, 5) is 40.9. The van der Waals surface area contributed by atoms with Gasteiger partial charge in [0.2, 0.25) is 0 Å². The van der Waals surface area contributed by atoms with Gasteiger partial charge in [-0.1, -0.05) is 148 Å². The molecule has 1 aliphatic heterocycles. The molecule has 1 aromatic rings. The quantitative estimate of drug-likeness (QED) is 0.0207. The first-order chi connectivity index (χ1) is 32.4. The van der Waals surface area contributed by atoms with E-state index in [1.165, 1.54) is 77.0 Å². The van der Waals surface area contributed by atoms with Gasteiger partial charge in [-0.05, 0) is 112 Å². The minimum absolute atomic E-state index is 0.0210. The van der Waals surface area contributed by atoms with Crippen LogP contribution in [0.5, 0.6) is 0 Å². The van der Waals surface area contributed by atoms with Crippen molar-refractivity contribution in [3.8, 4) is 0 Å². The van der Waals surface area contributed by atoms with Crippen molar-refractivity contribution in [1.82, 2.24) is 4.90 Å². The highest BCUT2D eigenvalue weighted by Gasteiger charge is 2.21. The zero-order valence-electron chi connectivity index (χ0n) is 42.5. The van der Waals surface area contributed by atoms with Gasteiger partial charge in [0.25, 0.3) is 0 Å². The van der Waals surface area contributed by atoms with Crippen LogP contribution < -0.4 is 0 Å². The topological polar surface area (TPSA) is 110 Å². The monoisotopic (exact) mass is 926 g/mol. The lowest BCUT2D eigenvalue weighted by molar-refractivity contribution is -0.160. The Kier molecular flexibility index (Phi) is 37.4. The molecular weight excluding hydrogens is 831 g/mol. The molecule has 1 unspecified atom stereocenters. The molecule has 10 nitrogen and oxygen atoms in total. The Balaban J connectivity index is 1.89. The second-order valence-electron chi connectivity index (χ2n) is 18.5. The largest absolute Gasteiger partial charge is 0.508 e. The van der Waals surface area contributed by atoms with Crippen LogP contribution in [0.15, 0.2) is 42.5 Å². The Hall–Kier alpha value is -3.21. The fraction of sp³-hybridized carbons (Fsp3) is 0.768. The van der Waals surface area contributed by atoms with Gasteiger partial charge in [-0.15, -0.1) is 0 Å². The van der Waals surface area contributed by atoms with Crippen molar-refractivity contribution in [1.29, 1.82) is 0 Å². The third kappa shape index (κ3) is 33.3. The Bertz CT molecular complexity index is 1400. The number of ether oxygens (including phenoxy) is 6. The molecular formula is C56H95NO9. The number of benzene rings is 1. The summed E-state index contributed by atoms with van der Waals surface area (Å²) in [6, 6.07) is 5.58. The fourth-order valence-corrected chi connectivity index (χ4v) is 8.23. The molecule has 0 saturated carbocycles. The van der Waals surface area contributed by atoms with Gasteiger partial charge < -0.3 is 33.3 Å². The Morgan fingerprint density at radius 2 is 1.06 bits per heavy atom. The minimum atomic E-state index is -0.710. The number of esters is 2. The molecule has 0 aliphatic carbocycles. The molecule has 0 aromatic heterocycles. The highest BCUT2D eigenvalue weighted by atomic mass is 16.7. The van der Waals surface area contributed by atoms with Gasteiger partial charge in [0, 0.05) is 38.5 Å². The van der Waals surface area contributed by atoms with Crippen molar-refractivity contribution in [3.63, 3.8) is 0 Å². The number of nitrogens with zero attached hydrogens (tertiary/aromatic N) is 1. The molecule has 1 heterocycles. The number of rotatable bonds is 42. The lowest BCUT2D eigenvalue weighted by Gasteiger charge is -2.31. The van der Waals surface area contributed by atoms with Crippen LogP contribution in [-0.2, 0) is 57.8 Å². The maximum Gasteiger partial charge on any atom is 0.508 e. The highest BCUT2D eigenvalue weighted by molar-refractivity contribution is 5.69. The third-order valence-electron chi connectivity index (χ3n) is 12.3. The van der Waals surface area contributed by atoms with E-state index in [2.05, 4.69) is 56.9 Å². The number of hydrogen-bond acceptors (Lipinski definition) is 10. The van der Waals surface area contributed by atoms with Crippen LogP contribution in [0.3, 0.4) is 0 Å². The summed E-state index contributed by atoms with van der Waals surface area (Å²) in [5.41, 5.74) is 2.15. The molecule has 1 fully saturated rings. The molecule has 1 aromatic carbocycles. The van der Waals surface area contributed by atoms with Crippen LogP contribution >= 0.6 is 0 Å². The fourth-order valence-electron chi connectivity index (χ4n) is 8.23. The van der Waals surface area contributed by atoms with Gasteiger partial charge in [0.15, 0.2) is 6.29 Å².